The molecule has 1 heterocycles. The molecule has 0 saturated carbocycles. The Morgan fingerprint density at radius 3 is 2.12 bits per heavy atom. The van der Waals surface area contributed by atoms with Crippen LogP contribution in [0, 0.1) is 0 Å². The van der Waals surface area contributed by atoms with Gasteiger partial charge in [0.1, 0.15) is 0 Å². The number of hydrogen-bond acceptors (Lipinski definition) is 1. The van der Waals surface area contributed by atoms with Gasteiger partial charge < -0.3 is 4.90 Å². The molecule has 0 bridgehead atoms. The first-order valence-corrected chi connectivity index (χ1v) is 5.94. The maximum Gasteiger partial charge on any atom is 0.253 e. The molecule has 2 nitrogen and oxygen atoms in total. The van der Waals surface area contributed by atoms with Crippen LogP contribution in [0.5, 0.6) is 0 Å². The maximum atomic E-state index is 11.4. The summed E-state index contributed by atoms with van der Waals surface area (Å²) in [4.78, 5) is 13.1. The SMILES string of the molecule is C=C/C=C1/CN(C)C(=O)/C1=C/C.CC.CC. The quantitative estimate of drug-likeness (QED) is 0.622. The van der Waals surface area contributed by atoms with Gasteiger partial charge in [0.25, 0.3) is 5.91 Å². The molecule has 0 spiro atoms. The predicted octanol–water partition coefficient (Wildman–Crippen LogP) is 3.57. The van der Waals surface area contributed by atoms with E-state index in [1.807, 2.05) is 46.8 Å². The third-order valence-corrected chi connectivity index (χ3v) is 1.94. The van der Waals surface area contributed by atoms with E-state index in [-0.39, 0.29) is 5.91 Å². The predicted molar refractivity (Wildman–Crippen MR) is 72.4 cm³/mol. The number of nitrogens with zero attached hydrogens (tertiary/aromatic N) is 1. The summed E-state index contributed by atoms with van der Waals surface area (Å²) in [5, 5.41) is 0. The normalized spacial score (nSPS) is 18.9. The molecule has 1 amide bonds. The Balaban J connectivity index is 0. The van der Waals surface area contributed by atoms with Gasteiger partial charge in [0.15, 0.2) is 0 Å². The smallest absolute Gasteiger partial charge is 0.253 e. The number of amides is 1. The molecule has 1 fully saturated rings. The second kappa shape index (κ2) is 10.2. The van der Waals surface area contributed by atoms with Crippen molar-refractivity contribution in [1.82, 2.24) is 4.90 Å². The maximum absolute atomic E-state index is 11.4. The first kappa shape index (κ1) is 17.1. The molecular formula is C14H25NO. The number of rotatable bonds is 1. The molecule has 1 saturated heterocycles. The summed E-state index contributed by atoms with van der Waals surface area (Å²) in [7, 11) is 1.80. The van der Waals surface area contributed by atoms with Gasteiger partial charge in [0.05, 0.1) is 0 Å². The highest BCUT2D eigenvalue weighted by Crippen LogP contribution is 2.21. The molecule has 1 rings (SSSR count). The zero-order chi connectivity index (χ0) is 13.1. The summed E-state index contributed by atoms with van der Waals surface area (Å²) < 4.78 is 0. The van der Waals surface area contributed by atoms with Gasteiger partial charge in [-0.15, -0.1) is 0 Å². The summed E-state index contributed by atoms with van der Waals surface area (Å²) in [5.41, 5.74) is 1.86. The van der Waals surface area contributed by atoms with Gasteiger partial charge in [-0.25, -0.2) is 0 Å². The van der Waals surface area contributed by atoms with Crippen LogP contribution in [0.25, 0.3) is 0 Å². The molecule has 1 aliphatic heterocycles. The highest BCUT2D eigenvalue weighted by atomic mass is 16.2. The summed E-state index contributed by atoms with van der Waals surface area (Å²) in [6.07, 6.45) is 5.45. The largest absolute Gasteiger partial charge is 0.337 e. The third kappa shape index (κ3) is 4.47. The monoisotopic (exact) mass is 223 g/mol. The summed E-state index contributed by atoms with van der Waals surface area (Å²) in [5.74, 6) is 0.102. The van der Waals surface area contributed by atoms with Gasteiger partial charge in [-0.1, -0.05) is 52.5 Å². The molecule has 0 atom stereocenters. The number of likely N-dealkylation sites (tertiary alicyclic amines) is 1. The van der Waals surface area contributed by atoms with Crippen LogP contribution in [0.15, 0.2) is 36.0 Å². The van der Waals surface area contributed by atoms with Crippen LogP contribution in [0.1, 0.15) is 34.6 Å². The van der Waals surface area contributed by atoms with E-state index >= 15 is 0 Å². The average molecular weight is 223 g/mol. The molecule has 92 valence electrons. The van der Waals surface area contributed by atoms with E-state index in [1.54, 1.807) is 18.0 Å². The summed E-state index contributed by atoms with van der Waals surface area (Å²) in [6.45, 7) is 14.2. The van der Waals surface area contributed by atoms with Gasteiger partial charge >= 0.3 is 0 Å². The van der Waals surface area contributed by atoms with Crippen LogP contribution < -0.4 is 0 Å². The second-order valence-corrected chi connectivity index (χ2v) is 2.79. The van der Waals surface area contributed by atoms with Crippen molar-refractivity contribution < 1.29 is 4.79 Å². The van der Waals surface area contributed by atoms with Crippen LogP contribution in [-0.2, 0) is 4.79 Å². The van der Waals surface area contributed by atoms with Crippen molar-refractivity contribution in [3.63, 3.8) is 0 Å². The first-order valence-electron chi connectivity index (χ1n) is 5.94. The third-order valence-electron chi connectivity index (χ3n) is 1.94. The Labute approximate surface area is 100 Å². The van der Waals surface area contributed by atoms with Gasteiger partial charge in [-0.05, 0) is 12.5 Å². The molecule has 0 N–H and O–H groups in total. The Morgan fingerprint density at radius 2 is 1.75 bits per heavy atom. The number of hydrogen-bond donors (Lipinski definition) is 0. The summed E-state index contributed by atoms with van der Waals surface area (Å²) in [6, 6.07) is 0. The lowest BCUT2D eigenvalue weighted by atomic mass is 10.1. The molecule has 0 unspecified atom stereocenters. The van der Waals surface area contributed by atoms with Crippen LogP contribution >= 0.6 is 0 Å². The van der Waals surface area contributed by atoms with E-state index in [2.05, 4.69) is 6.58 Å². The molecule has 1 aliphatic rings. The molecule has 0 aromatic carbocycles. The molecule has 0 aromatic heterocycles. The number of likely N-dealkylation sites (N-methyl/N-ethyl adjacent to an activating group) is 1. The van der Waals surface area contributed by atoms with E-state index in [0.29, 0.717) is 6.54 Å². The fraction of sp³-hybridized carbons (Fsp3) is 0.500. The minimum absolute atomic E-state index is 0.102. The number of carbonyl (C=O) groups is 1. The molecular weight excluding hydrogens is 198 g/mol. The van der Waals surface area contributed by atoms with Crippen LogP contribution in [0.2, 0.25) is 0 Å². The van der Waals surface area contributed by atoms with Crippen LogP contribution in [0.4, 0.5) is 0 Å². The highest BCUT2D eigenvalue weighted by Gasteiger charge is 2.25. The molecule has 16 heavy (non-hydrogen) atoms. The average Bonchev–Trinajstić information content (AvgIpc) is 2.60. The lowest BCUT2D eigenvalue weighted by molar-refractivity contribution is -0.123. The van der Waals surface area contributed by atoms with Gasteiger partial charge in [-0.2, -0.15) is 0 Å². The zero-order valence-electron chi connectivity index (χ0n) is 11.5. The van der Waals surface area contributed by atoms with Crippen LogP contribution in [0.3, 0.4) is 0 Å². The Hall–Kier alpha value is -1.31. The lowest BCUT2D eigenvalue weighted by Crippen LogP contribution is -2.18. The van der Waals surface area contributed by atoms with Gasteiger partial charge in [0.2, 0.25) is 0 Å². The minimum atomic E-state index is 0.102. The van der Waals surface area contributed by atoms with E-state index in [1.165, 1.54) is 0 Å². The highest BCUT2D eigenvalue weighted by molar-refractivity contribution is 6.01. The fourth-order valence-corrected chi connectivity index (χ4v) is 1.35. The van der Waals surface area contributed by atoms with Crippen molar-refractivity contribution in [1.29, 1.82) is 0 Å². The molecule has 0 aromatic rings. The van der Waals surface area contributed by atoms with Crippen molar-refractivity contribution in [2.24, 2.45) is 0 Å². The van der Waals surface area contributed by atoms with Gasteiger partial charge in [0, 0.05) is 19.2 Å². The van der Waals surface area contributed by atoms with Crippen molar-refractivity contribution >= 4 is 5.91 Å². The standard InChI is InChI=1S/C10H13NO.2C2H6/c1-4-6-8-7-11(3)10(12)9(8)5-2;2*1-2/h4-6H,1,7H2,2-3H3;2*1-2H3/b8-6-,9-5+;;. The van der Waals surface area contributed by atoms with Crippen molar-refractivity contribution in [2.45, 2.75) is 34.6 Å². The van der Waals surface area contributed by atoms with Crippen molar-refractivity contribution in [3.8, 4) is 0 Å². The zero-order valence-corrected chi connectivity index (χ0v) is 11.5. The Morgan fingerprint density at radius 1 is 1.25 bits per heavy atom. The fourth-order valence-electron chi connectivity index (χ4n) is 1.35. The molecule has 0 radical (unpaired) electrons. The van der Waals surface area contributed by atoms with Crippen molar-refractivity contribution in [2.75, 3.05) is 13.6 Å². The molecule has 0 aliphatic carbocycles. The molecule has 2 heteroatoms. The lowest BCUT2D eigenvalue weighted by Gasteiger charge is -2.03. The topological polar surface area (TPSA) is 20.3 Å². The number of carbonyl (C=O) groups excluding carboxylic acids is 1. The number of allylic oxidation sites excluding steroid dienone is 3. The second-order valence-electron chi connectivity index (χ2n) is 2.79. The Bertz CT molecular complexity index is 274. The van der Waals surface area contributed by atoms with Gasteiger partial charge in [-0.3, -0.25) is 4.79 Å². The minimum Gasteiger partial charge on any atom is -0.337 e. The summed E-state index contributed by atoms with van der Waals surface area (Å²) >= 11 is 0. The van der Waals surface area contributed by atoms with Crippen molar-refractivity contribution in [3.05, 3.63) is 36.0 Å². The van der Waals surface area contributed by atoms with E-state index in [9.17, 15) is 4.79 Å². The van der Waals surface area contributed by atoms with E-state index in [0.717, 1.165) is 11.1 Å². The first-order chi connectivity index (χ1) is 7.70. The van der Waals surface area contributed by atoms with E-state index in [4.69, 9.17) is 0 Å². The Kier molecular flexibility index (Phi) is 10.9. The van der Waals surface area contributed by atoms with Crippen LogP contribution in [-0.4, -0.2) is 24.4 Å². The van der Waals surface area contributed by atoms with E-state index < -0.39 is 0 Å².